The monoisotopic (exact) mass is 249 g/mol. The summed E-state index contributed by atoms with van der Waals surface area (Å²) < 4.78 is 0. The van der Waals surface area contributed by atoms with Gasteiger partial charge in [-0.2, -0.15) is 0 Å². The van der Waals surface area contributed by atoms with Gasteiger partial charge in [0.05, 0.1) is 17.8 Å². The van der Waals surface area contributed by atoms with E-state index in [1.54, 1.807) is 24.3 Å². The minimum atomic E-state index is -0.555. The van der Waals surface area contributed by atoms with Crippen LogP contribution in [0, 0.1) is 0 Å². The number of anilines is 1. The highest BCUT2D eigenvalue weighted by molar-refractivity contribution is 6.03. The summed E-state index contributed by atoms with van der Waals surface area (Å²) in [5, 5.41) is 5.74. The Bertz CT molecular complexity index is 432. The van der Waals surface area contributed by atoms with E-state index in [4.69, 9.17) is 5.73 Å². The molecule has 5 nitrogen and oxygen atoms in total. The molecule has 98 valence electrons. The molecule has 4 N–H and O–H groups in total. The van der Waals surface area contributed by atoms with Crippen LogP contribution in [0.3, 0.4) is 0 Å². The fourth-order valence-corrected chi connectivity index (χ4v) is 1.41. The summed E-state index contributed by atoms with van der Waals surface area (Å²) in [6.07, 6.45) is 0.950. The third-order valence-electron chi connectivity index (χ3n) is 2.69. The minimum Gasteiger partial charge on any atom is -0.366 e. The van der Waals surface area contributed by atoms with Gasteiger partial charge in [0.1, 0.15) is 0 Å². The van der Waals surface area contributed by atoms with Crippen molar-refractivity contribution in [2.24, 2.45) is 5.73 Å². The first-order chi connectivity index (χ1) is 8.54. The van der Waals surface area contributed by atoms with Crippen LogP contribution < -0.4 is 16.4 Å². The minimum absolute atomic E-state index is 0.191. The first-order valence-corrected chi connectivity index (χ1v) is 5.96. The average Bonchev–Trinajstić information content (AvgIpc) is 2.36. The Kier molecular flexibility index (Phi) is 5.32. The van der Waals surface area contributed by atoms with E-state index in [0.717, 1.165) is 6.42 Å². The van der Waals surface area contributed by atoms with E-state index < -0.39 is 5.91 Å². The lowest BCUT2D eigenvalue weighted by molar-refractivity contribution is -0.115. The fraction of sp³-hybridized carbons (Fsp3) is 0.385. The lowest BCUT2D eigenvalue weighted by Gasteiger charge is -2.12. The van der Waals surface area contributed by atoms with Crippen molar-refractivity contribution >= 4 is 17.5 Å². The predicted octanol–water partition coefficient (Wildman–Crippen LogP) is 1.11. The van der Waals surface area contributed by atoms with Crippen molar-refractivity contribution in [2.45, 2.75) is 26.3 Å². The van der Waals surface area contributed by atoms with Crippen molar-refractivity contribution < 1.29 is 9.59 Å². The summed E-state index contributed by atoms with van der Waals surface area (Å²) in [5.41, 5.74) is 5.99. The highest BCUT2D eigenvalue weighted by atomic mass is 16.2. The first kappa shape index (κ1) is 14.2. The van der Waals surface area contributed by atoms with Gasteiger partial charge in [-0.3, -0.25) is 9.59 Å². The van der Waals surface area contributed by atoms with Crippen molar-refractivity contribution in [1.82, 2.24) is 5.32 Å². The zero-order chi connectivity index (χ0) is 13.5. The number of nitrogens with two attached hydrogens (primary N) is 1. The molecule has 1 aromatic rings. The summed E-state index contributed by atoms with van der Waals surface area (Å²) in [6, 6.07) is 6.96. The second-order valence-electron chi connectivity index (χ2n) is 4.15. The van der Waals surface area contributed by atoms with Crippen molar-refractivity contribution in [2.75, 3.05) is 11.9 Å². The van der Waals surface area contributed by atoms with E-state index in [1.165, 1.54) is 0 Å². The van der Waals surface area contributed by atoms with Crippen molar-refractivity contribution in [3.05, 3.63) is 29.8 Å². The fourth-order valence-electron chi connectivity index (χ4n) is 1.41. The van der Waals surface area contributed by atoms with E-state index >= 15 is 0 Å². The van der Waals surface area contributed by atoms with Gasteiger partial charge >= 0.3 is 0 Å². The molecule has 0 aliphatic heterocycles. The molecule has 0 heterocycles. The van der Waals surface area contributed by atoms with Gasteiger partial charge < -0.3 is 16.4 Å². The highest BCUT2D eigenvalue weighted by Gasteiger charge is 2.10. The van der Waals surface area contributed by atoms with Crippen LogP contribution in [0.4, 0.5) is 5.69 Å². The zero-order valence-corrected chi connectivity index (χ0v) is 10.7. The Hall–Kier alpha value is -1.88. The average molecular weight is 249 g/mol. The molecule has 1 unspecified atom stereocenters. The Morgan fingerprint density at radius 2 is 2.00 bits per heavy atom. The molecule has 1 atom stereocenters. The molecule has 2 amide bonds. The summed E-state index contributed by atoms with van der Waals surface area (Å²) in [6.45, 7) is 4.25. The van der Waals surface area contributed by atoms with E-state index in [2.05, 4.69) is 10.6 Å². The molecule has 0 bridgehead atoms. The lowest BCUT2D eigenvalue weighted by Crippen LogP contribution is -2.34. The van der Waals surface area contributed by atoms with Gasteiger partial charge in [-0.1, -0.05) is 19.1 Å². The van der Waals surface area contributed by atoms with Crippen LogP contribution in [-0.4, -0.2) is 24.4 Å². The van der Waals surface area contributed by atoms with E-state index in [-0.39, 0.29) is 18.5 Å². The molecule has 1 aromatic carbocycles. The number of nitrogens with one attached hydrogen (secondary N) is 2. The van der Waals surface area contributed by atoms with Gasteiger partial charge in [0.2, 0.25) is 5.91 Å². The number of primary amides is 1. The zero-order valence-electron chi connectivity index (χ0n) is 10.7. The molecule has 0 aromatic heterocycles. The number of amides is 2. The van der Waals surface area contributed by atoms with Crippen molar-refractivity contribution in [3.63, 3.8) is 0 Å². The standard InChI is InChI=1S/C13H19N3O2/c1-3-9(2)15-8-12(17)16-11-7-5-4-6-10(11)13(14)18/h4-7,9,15H,3,8H2,1-2H3,(H2,14,18)(H,16,17). The number of benzene rings is 1. The van der Waals surface area contributed by atoms with Crippen molar-refractivity contribution in [1.29, 1.82) is 0 Å². The molecule has 1 rings (SSSR count). The Labute approximate surface area is 107 Å². The van der Waals surface area contributed by atoms with Crippen molar-refractivity contribution in [3.8, 4) is 0 Å². The number of para-hydroxylation sites is 1. The highest BCUT2D eigenvalue weighted by Crippen LogP contribution is 2.13. The second-order valence-corrected chi connectivity index (χ2v) is 4.15. The quantitative estimate of drug-likeness (QED) is 0.706. The van der Waals surface area contributed by atoms with Gasteiger partial charge in [-0.25, -0.2) is 0 Å². The molecule has 0 spiro atoms. The SMILES string of the molecule is CCC(C)NCC(=O)Nc1ccccc1C(N)=O. The van der Waals surface area contributed by atoms with E-state index in [9.17, 15) is 9.59 Å². The number of hydrogen-bond donors (Lipinski definition) is 3. The Morgan fingerprint density at radius 3 is 2.61 bits per heavy atom. The molecule has 0 fully saturated rings. The molecule has 0 radical (unpaired) electrons. The molecule has 0 saturated heterocycles. The molecule has 5 heteroatoms. The second kappa shape index (κ2) is 6.76. The maximum Gasteiger partial charge on any atom is 0.250 e. The lowest BCUT2D eigenvalue weighted by atomic mass is 10.1. The third kappa shape index (κ3) is 4.18. The molecular weight excluding hydrogens is 230 g/mol. The van der Waals surface area contributed by atoms with Gasteiger partial charge in [-0.15, -0.1) is 0 Å². The van der Waals surface area contributed by atoms with Crippen LogP contribution in [0.2, 0.25) is 0 Å². The Balaban J connectivity index is 2.62. The third-order valence-corrected chi connectivity index (χ3v) is 2.69. The number of rotatable bonds is 6. The summed E-state index contributed by atoms with van der Waals surface area (Å²) >= 11 is 0. The topological polar surface area (TPSA) is 84.2 Å². The number of hydrogen-bond acceptors (Lipinski definition) is 3. The van der Waals surface area contributed by atoms with Crippen LogP contribution in [0.25, 0.3) is 0 Å². The van der Waals surface area contributed by atoms with Crippen LogP contribution >= 0.6 is 0 Å². The van der Waals surface area contributed by atoms with Crippen LogP contribution in [0.5, 0.6) is 0 Å². The van der Waals surface area contributed by atoms with E-state index in [0.29, 0.717) is 11.3 Å². The maximum absolute atomic E-state index is 11.7. The summed E-state index contributed by atoms with van der Waals surface area (Å²) in [7, 11) is 0. The predicted molar refractivity (Wildman–Crippen MR) is 71.3 cm³/mol. The smallest absolute Gasteiger partial charge is 0.250 e. The molecule has 0 saturated carbocycles. The molecule has 18 heavy (non-hydrogen) atoms. The number of carbonyl (C=O) groups is 2. The molecule has 0 aliphatic rings. The normalized spacial score (nSPS) is 11.9. The van der Waals surface area contributed by atoms with Crippen LogP contribution in [-0.2, 0) is 4.79 Å². The van der Waals surface area contributed by atoms with Crippen LogP contribution in [0.15, 0.2) is 24.3 Å². The van der Waals surface area contributed by atoms with E-state index in [1.807, 2.05) is 13.8 Å². The van der Waals surface area contributed by atoms with Gasteiger partial charge in [0.15, 0.2) is 0 Å². The summed E-state index contributed by atoms with van der Waals surface area (Å²) in [4.78, 5) is 22.9. The largest absolute Gasteiger partial charge is 0.366 e. The maximum atomic E-state index is 11.7. The summed E-state index contributed by atoms with van der Waals surface area (Å²) in [5.74, 6) is -0.746. The molecular formula is C13H19N3O2. The molecule has 0 aliphatic carbocycles. The van der Waals surface area contributed by atoms with Gasteiger partial charge in [0, 0.05) is 6.04 Å². The Morgan fingerprint density at radius 1 is 1.33 bits per heavy atom. The van der Waals surface area contributed by atoms with Crippen LogP contribution in [0.1, 0.15) is 30.6 Å². The van der Waals surface area contributed by atoms with Gasteiger partial charge in [-0.05, 0) is 25.5 Å². The first-order valence-electron chi connectivity index (χ1n) is 5.96. The number of carbonyl (C=O) groups excluding carboxylic acids is 2. The van der Waals surface area contributed by atoms with Gasteiger partial charge in [0.25, 0.3) is 5.91 Å².